The van der Waals surface area contributed by atoms with Crippen LogP contribution in [-0.2, 0) is 5.60 Å². The molecular formula is C20H22N2O3. The molecule has 2 aromatic rings. The maximum Gasteiger partial charge on any atom is 0.254 e. The van der Waals surface area contributed by atoms with E-state index in [1.807, 2.05) is 29.2 Å². The second-order valence-corrected chi connectivity index (χ2v) is 6.98. The van der Waals surface area contributed by atoms with E-state index in [0.29, 0.717) is 22.6 Å². The van der Waals surface area contributed by atoms with E-state index in [0.717, 1.165) is 31.7 Å². The van der Waals surface area contributed by atoms with Gasteiger partial charge in [0.2, 0.25) is 0 Å². The molecule has 0 aliphatic carbocycles. The lowest BCUT2D eigenvalue weighted by Gasteiger charge is -2.34. The van der Waals surface area contributed by atoms with Gasteiger partial charge in [0.1, 0.15) is 17.1 Å². The number of amides is 1. The molecule has 2 heterocycles. The van der Waals surface area contributed by atoms with Gasteiger partial charge < -0.3 is 19.6 Å². The first-order chi connectivity index (χ1) is 12.0. The number of carbonyl (C=O) groups excluding carboxylic acids is 1. The smallest absolute Gasteiger partial charge is 0.254 e. The number of nitrogens with zero attached hydrogens (tertiary/aromatic N) is 2. The topological polar surface area (TPSA) is 53.0 Å². The minimum Gasteiger partial charge on any atom is -0.457 e. The molecule has 1 saturated heterocycles. The van der Waals surface area contributed by atoms with Gasteiger partial charge in [-0.2, -0.15) is 0 Å². The van der Waals surface area contributed by atoms with Gasteiger partial charge in [0.15, 0.2) is 0 Å². The predicted molar refractivity (Wildman–Crippen MR) is 95.0 cm³/mol. The van der Waals surface area contributed by atoms with E-state index in [1.165, 1.54) is 0 Å². The molecule has 5 nitrogen and oxygen atoms in total. The summed E-state index contributed by atoms with van der Waals surface area (Å²) < 4.78 is 5.97. The van der Waals surface area contributed by atoms with E-state index in [4.69, 9.17) is 4.74 Å². The molecule has 0 radical (unpaired) electrons. The molecule has 1 unspecified atom stereocenters. The Bertz CT molecular complexity index is 823. The largest absolute Gasteiger partial charge is 0.457 e. The van der Waals surface area contributed by atoms with E-state index >= 15 is 0 Å². The molecule has 5 heteroatoms. The van der Waals surface area contributed by atoms with Crippen LogP contribution in [0.4, 0.5) is 0 Å². The van der Waals surface area contributed by atoms with Crippen molar-refractivity contribution in [2.24, 2.45) is 0 Å². The van der Waals surface area contributed by atoms with Crippen molar-refractivity contribution in [3.05, 3.63) is 59.2 Å². The van der Waals surface area contributed by atoms with Crippen molar-refractivity contribution in [3.63, 3.8) is 0 Å². The number of benzene rings is 2. The van der Waals surface area contributed by atoms with E-state index < -0.39 is 5.60 Å². The summed E-state index contributed by atoms with van der Waals surface area (Å²) in [5.41, 5.74) is 0.875. The lowest BCUT2D eigenvalue weighted by molar-refractivity contribution is 0.0661. The normalized spacial score (nSPS) is 22.8. The van der Waals surface area contributed by atoms with Gasteiger partial charge in [-0.05, 0) is 32.2 Å². The van der Waals surface area contributed by atoms with Crippen LogP contribution in [0.2, 0.25) is 0 Å². The summed E-state index contributed by atoms with van der Waals surface area (Å²) in [4.78, 5) is 16.9. The number of ether oxygens (including phenoxy) is 1. The van der Waals surface area contributed by atoms with Gasteiger partial charge in [0.25, 0.3) is 5.91 Å². The van der Waals surface area contributed by atoms with Gasteiger partial charge in [-0.3, -0.25) is 4.79 Å². The minimum atomic E-state index is -1.14. The molecule has 0 bridgehead atoms. The number of aliphatic hydroxyl groups is 1. The zero-order valence-electron chi connectivity index (χ0n) is 14.5. The van der Waals surface area contributed by atoms with Crippen LogP contribution in [0.25, 0.3) is 0 Å². The van der Waals surface area contributed by atoms with E-state index in [2.05, 4.69) is 11.9 Å². The molecule has 0 aromatic heterocycles. The highest BCUT2D eigenvalue weighted by Gasteiger charge is 2.36. The Hall–Kier alpha value is -2.37. The van der Waals surface area contributed by atoms with Crippen LogP contribution in [0.1, 0.15) is 28.4 Å². The summed E-state index contributed by atoms with van der Waals surface area (Å²) in [6, 6.07) is 12.8. The van der Waals surface area contributed by atoms with Gasteiger partial charge >= 0.3 is 0 Å². The fraction of sp³-hybridized carbons (Fsp3) is 0.350. The Morgan fingerprint density at radius 1 is 1.04 bits per heavy atom. The second-order valence-electron chi connectivity index (χ2n) is 6.98. The Morgan fingerprint density at radius 2 is 1.72 bits per heavy atom. The minimum absolute atomic E-state index is 0.0120. The Labute approximate surface area is 147 Å². The third kappa shape index (κ3) is 2.69. The molecular weight excluding hydrogens is 316 g/mol. The van der Waals surface area contributed by atoms with Crippen molar-refractivity contribution in [1.29, 1.82) is 0 Å². The van der Waals surface area contributed by atoms with Crippen LogP contribution in [-0.4, -0.2) is 54.0 Å². The average molecular weight is 338 g/mol. The van der Waals surface area contributed by atoms with Crippen LogP contribution in [0.3, 0.4) is 0 Å². The number of para-hydroxylation sites is 1. The number of piperazine rings is 1. The molecule has 1 N–H and O–H groups in total. The standard InChI is InChI=1S/C20H22N2O3/c1-20(24)15-5-3-4-6-17(15)25-18-13-14(7-8-16(18)20)19(23)22-11-9-21(2)10-12-22/h3-8,13,24H,9-12H2,1-2H3. The SMILES string of the molecule is CN1CCN(C(=O)c2ccc3c(c2)Oc2ccccc2C3(C)O)CC1. The second kappa shape index (κ2) is 5.86. The number of likely N-dealkylation sites (N-methyl/N-ethyl adjacent to an activating group) is 1. The van der Waals surface area contributed by atoms with E-state index in [1.54, 1.807) is 25.1 Å². The number of fused-ring (bicyclic) bond motifs is 2. The highest BCUT2D eigenvalue weighted by molar-refractivity contribution is 5.95. The third-order valence-electron chi connectivity index (χ3n) is 5.17. The summed E-state index contributed by atoms with van der Waals surface area (Å²) in [5, 5.41) is 11.0. The Morgan fingerprint density at radius 3 is 2.48 bits per heavy atom. The van der Waals surface area contributed by atoms with E-state index in [-0.39, 0.29) is 5.91 Å². The van der Waals surface area contributed by atoms with Gasteiger partial charge in [0, 0.05) is 42.9 Å². The molecule has 0 spiro atoms. The van der Waals surface area contributed by atoms with Gasteiger partial charge in [0.05, 0.1) is 0 Å². The molecule has 130 valence electrons. The van der Waals surface area contributed by atoms with Crippen molar-refractivity contribution >= 4 is 5.91 Å². The first-order valence-electron chi connectivity index (χ1n) is 8.59. The molecule has 1 fully saturated rings. The van der Waals surface area contributed by atoms with E-state index in [9.17, 15) is 9.90 Å². The molecule has 1 amide bonds. The summed E-state index contributed by atoms with van der Waals surface area (Å²) in [6.07, 6.45) is 0. The average Bonchev–Trinajstić information content (AvgIpc) is 2.61. The predicted octanol–water partition coefficient (Wildman–Crippen LogP) is 2.44. The zero-order chi connectivity index (χ0) is 17.6. The Kier molecular flexibility index (Phi) is 3.78. The van der Waals surface area contributed by atoms with Crippen molar-refractivity contribution in [1.82, 2.24) is 9.80 Å². The lowest BCUT2D eigenvalue weighted by atomic mass is 9.84. The van der Waals surface area contributed by atoms with Crippen LogP contribution in [0, 0.1) is 0 Å². The molecule has 1 atom stereocenters. The number of hydrogen-bond acceptors (Lipinski definition) is 4. The number of rotatable bonds is 1. The van der Waals surface area contributed by atoms with Crippen LogP contribution in [0.5, 0.6) is 11.5 Å². The van der Waals surface area contributed by atoms with Crippen LogP contribution in [0.15, 0.2) is 42.5 Å². The summed E-state index contributed by atoms with van der Waals surface area (Å²) in [7, 11) is 2.06. The zero-order valence-corrected chi connectivity index (χ0v) is 14.5. The maximum absolute atomic E-state index is 12.8. The molecule has 4 rings (SSSR count). The summed E-state index contributed by atoms with van der Waals surface area (Å²) >= 11 is 0. The Balaban J connectivity index is 1.66. The van der Waals surface area contributed by atoms with Crippen molar-refractivity contribution in [3.8, 4) is 11.5 Å². The first kappa shape index (κ1) is 16.1. The molecule has 2 aliphatic heterocycles. The van der Waals surface area contributed by atoms with Gasteiger partial charge in [-0.15, -0.1) is 0 Å². The van der Waals surface area contributed by atoms with Crippen LogP contribution < -0.4 is 4.74 Å². The quantitative estimate of drug-likeness (QED) is 0.868. The highest BCUT2D eigenvalue weighted by Crippen LogP contribution is 2.46. The summed E-state index contributed by atoms with van der Waals surface area (Å²) in [6.45, 7) is 4.99. The van der Waals surface area contributed by atoms with Crippen LogP contribution >= 0.6 is 0 Å². The highest BCUT2D eigenvalue weighted by atomic mass is 16.5. The van der Waals surface area contributed by atoms with Crippen molar-refractivity contribution in [2.45, 2.75) is 12.5 Å². The number of carbonyl (C=O) groups is 1. The third-order valence-corrected chi connectivity index (χ3v) is 5.17. The van der Waals surface area contributed by atoms with Gasteiger partial charge in [-0.1, -0.05) is 24.3 Å². The summed E-state index contributed by atoms with van der Waals surface area (Å²) in [5.74, 6) is 1.19. The monoisotopic (exact) mass is 338 g/mol. The fourth-order valence-electron chi connectivity index (χ4n) is 3.56. The fourth-order valence-corrected chi connectivity index (χ4v) is 3.56. The number of hydrogen-bond donors (Lipinski definition) is 1. The maximum atomic E-state index is 12.8. The lowest BCUT2D eigenvalue weighted by Crippen LogP contribution is -2.47. The molecule has 25 heavy (non-hydrogen) atoms. The molecule has 0 saturated carbocycles. The van der Waals surface area contributed by atoms with Crippen molar-refractivity contribution in [2.75, 3.05) is 33.2 Å². The van der Waals surface area contributed by atoms with Gasteiger partial charge in [-0.25, -0.2) is 0 Å². The molecule has 2 aliphatic rings. The first-order valence-corrected chi connectivity index (χ1v) is 8.59. The van der Waals surface area contributed by atoms with Crippen molar-refractivity contribution < 1.29 is 14.6 Å². The molecule has 2 aromatic carbocycles.